The van der Waals surface area contributed by atoms with E-state index in [1.165, 1.54) is 0 Å². The van der Waals surface area contributed by atoms with Crippen LogP contribution in [0.25, 0.3) is 0 Å². The van der Waals surface area contributed by atoms with E-state index < -0.39 is 0 Å². The SMILES string of the molecule is CC(C)Oc1cc(Oc2cccc(CO)c2)ccc1N. The minimum absolute atomic E-state index is 0.0132. The molecule has 0 heterocycles. The molecule has 106 valence electrons. The zero-order chi connectivity index (χ0) is 14.5. The summed E-state index contributed by atoms with van der Waals surface area (Å²) in [5, 5.41) is 9.12. The summed E-state index contributed by atoms with van der Waals surface area (Å²) in [6.45, 7) is 3.87. The van der Waals surface area contributed by atoms with Gasteiger partial charge in [0.05, 0.1) is 18.4 Å². The van der Waals surface area contributed by atoms with Gasteiger partial charge in [-0.05, 0) is 43.7 Å². The smallest absolute Gasteiger partial charge is 0.146 e. The molecule has 0 aromatic heterocycles. The van der Waals surface area contributed by atoms with Crippen LogP contribution in [-0.2, 0) is 6.61 Å². The van der Waals surface area contributed by atoms with Crippen LogP contribution in [0.5, 0.6) is 17.2 Å². The third-order valence-electron chi connectivity index (χ3n) is 2.66. The van der Waals surface area contributed by atoms with Gasteiger partial charge in [0.15, 0.2) is 0 Å². The van der Waals surface area contributed by atoms with Gasteiger partial charge in [0.1, 0.15) is 17.2 Å². The predicted molar refractivity (Wildman–Crippen MR) is 79.1 cm³/mol. The quantitative estimate of drug-likeness (QED) is 0.820. The highest BCUT2D eigenvalue weighted by atomic mass is 16.5. The lowest BCUT2D eigenvalue weighted by atomic mass is 10.2. The molecule has 0 fully saturated rings. The number of benzene rings is 2. The number of nitrogen functional groups attached to an aromatic ring is 1. The van der Waals surface area contributed by atoms with E-state index in [1.54, 1.807) is 24.3 Å². The first-order valence-electron chi connectivity index (χ1n) is 6.52. The summed E-state index contributed by atoms with van der Waals surface area (Å²) in [4.78, 5) is 0. The molecule has 4 nitrogen and oxygen atoms in total. The maximum Gasteiger partial charge on any atom is 0.146 e. The van der Waals surface area contributed by atoms with Crippen LogP contribution in [0, 0.1) is 0 Å². The van der Waals surface area contributed by atoms with Crippen LogP contribution >= 0.6 is 0 Å². The second-order valence-corrected chi connectivity index (χ2v) is 4.77. The lowest BCUT2D eigenvalue weighted by Gasteiger charge is -2.14. The summed E-state index contributed by atoms with van der Waals surface area (Å²) in [6, 6.07) is 12.6. The van der Waals surface area contributed by atoms with Crippen LogP contribution in [0.3, 0.4) is 0 Å². The molecule has 2 aromatic carbocycles. The number of rotatable bonds is 5. The number of aliphatic hydroxyl groups is 1. The van der Waals surface area contributed by atoms with Crippen LogP contribution in [0.15, 0.2) is 42.5 Å². The van der Waals surface area contributed by atoms with Crippen molar-refractivity contribution in [3.05, 3.63) is 48.0 Å². The molecule has 0 spiro atoms. The average Bonchev–Trinajstić information content (AvgIpc) is 2.42. The Bertz CT molecular complexity index is 582. The van der Waals surface area contributed by atoms with Gasteiger partial charge in [-0.3, -0.25) is 0 Å². The van der Waals surface area contributed by atoms with Crippen LogP contribution in [0.1, 0.15) is 19.4 Å². The van der Waals surface area contributed by atoms with E-state index in [2.05, 4.69) is 0 Å². The largest absolute Gasteiger partial charge is 0.489 e. The number of nitrogens with two attached hydrogens (primary N) is 1. The summed E-state index contributed by atoms with van der Waals surface area (Å²) >= 11 is 0. The highest BCUT2D eigenvalue weighted by Gasteiger charge is 2.06. The number of aliphatic hydroxyl groups excluding tert-OH is 1. The Morgan fingerprint density at radius 2 is 1.85 bits per heavy atom. The van der Waals surface area contributed by atoms with Crippen molar-refractivity contribution in [1.29, 1.82) is 0 Å². The monoisotopic (exact) mass is 273 g/mol. The Kier molecular flexibility index (Phi) is 4.48. The first-order valence-corrected chi connectivity index (χ1v) is 6.52. The van der Waals surface area contributed by atoms with Crippen LogP contribution in [0.2, 0.25) is 0 Å². The number of ether oxygens (including phenoxy) is 2. The first-order chi connectivity index (χ1) is 9.58. The lowest BCUT2D eigenvalue weighted by Crippen LogP contribution is -2.07. The van der Waals surface area contributed by atoms with E-state index in [9.17, 15) is 0 Å². The van der Waals surface area contributed by atoms with Gasteiger partial charge in [0.25, 0.3) is 0 Å². The molecule has 0 radical (unpaired) electrons. The highest BCUT2D eigenvalue weighted by molar-refractivity contribution is 5.56. The average molecular weight is 273 g/mol. The molecule has 2 aromatic rings. The van der Waals surface area contributed by atoms with Crippen molar-refractivity contribution in [1.82, 2.24) is 0 Å². The fourth-order valence-electron chi connectivity index (χ4n) is 1.78. The fraction of sp³-hybridized carbons (Fsp3) is 0.250. The normalized spacial score (nSPS) is 10.6. The Balaban J connectivity index is 2.20. The van der Waals surface area contributed by atoms with E-state index in [4.69, 9.17) is 20.3 Å². The predicted octanol–water partition coefficient (Wildman–Crippen LogP) is 3.34. The van der Waals surface area contributed by atoms with Crippen molar-refractivity contribution < 1.29 is 14.6 Å². The molecule has 0 bridgehead atoms. The summed E-state index contributed by atoms with van der Waals surface area (Å²) in [6.07, 6.45) is 0.0465. The van der Waals surface area contributed by atoms with E-state index >= 15 is 0 Å². The summed E-state index contributed by atoms with van der Waals surface area (Å²) in [7, 11) is 0. The van der Waals surface area contributed by atoms with E-state index in [1.807, 2.05) is 32.0 Å². The Labute approximate surface area is 118 Å². The first kappa shape index (κ1) is 14.2. The molecule has 4 heteroatoms. The van der Waals surface area contributed by atoms with Gasteiger partial charge in [0, 0.05) is 6.07 Å². The second kappa shape index (κ2) is 6.30. The molecule has 20 heavy (non-hydrogen) atoms. The Morgan fingerprint density at radius 1 is 1.10 bits per heavy atom. The molecule has 0 saturated carbocycles. The molecular weight excluding hydrogens is 254 g/mol. The van der Waals surface area contributed by atoms with Gasteiger partial charge in [-0.25, -0.2) is 0 Å². The Hall–Kier alpha value is -2.20. The maximum atomic E-state index is 9.12. The van der Waals surface area contributed by atoms with E-state index in [0.717, 1.165) is 5.56 Å². The summed E-state index contributed by atoms with van der Waals surface area (Å²) < 4.78 is 11.4. The van der Waals surface area contributed by atoms with Gasteiger partial charge in [0.2, 0.25) is 0 Å². The zero-order valence-electron chi connectivity index (χ0n) is 11.7. The molecule has 0 aliphatic rings. The summed E-state index contributed by atoms with van der Waals surface area (Å²) in [5.74, 6) is 1.91. The molecule has 0 aliphatic carbocycles. The van der Waals surface area contributed by atoms with Gasteiger partial charge in [-0.1, -0.05) is 12.1 Å². The van der Waals surface area contributed by atoms with Crippen LogP contribution in [0.4, 0.5) is 5.69 Å². The number of hydrogen-bond acceptors (Lipinski definition) is 4. The van der Waals surface area contributed by atoms with Gasteiger partial charge < -0.3 is 20.3 Å². The van der Waals surface area contributed by atoms with E-state index in [-0.39, 0.29) is 12.7 Å². The minimum Gasteiger partial charge on any atom is -0.489 e. The van der Waals surface area contributed by atoms with Crippen molar-refractivity contribution >= 4 is 5.69 Å². The zero-order valence-corrected chi connectivity index (χ0v) is 11.7. The topological polar surface area (TPSA) is 64.7 Å². The second-order valence-electron chi connectivity index (χ2n) is 4.77. The van der Waals surface area contributed by atoms with Gasteiger partial charge >= 0.3 is 0 Å². The molecule has 0 saturated heterocycles. The van der Waals surface area contributed by atoms with Gasteiger partial charge in [-0.15, -0.1) is 0 Å². The Morgan fingerprint density at radius 3 is 2.55 bits per heavy atom. The molecule has 0 aliphatic heterocycles. The van der Waals surface area contributed by atoms with Crippen molar-refractivity contribution in [2.45, 2.75) is 26.6 Å². The van der Waals surface area contributed by atoms with E-state index in [0.29, 0.717) is 22.9 Å². The lowest BCUT2D eigenvalue weighted by molar-refractivity contribution is 0.243. The molecular formula is C16H19NO3. The molecule has 2 rings (SSSR count). The van der Waals surface area contributed by atoms with Crippen LogP contribution < -0.4 is 15.2 Å². The van der Waals surface area contributed by atoms with Crippen molar-refractivity contribution in [2.24, 2.45) is 0 Å². The maximum absolute atomic E-state index is 9.12. The van der Waals surface area contributed by atoms with Crippen LogP contribution in [-0.4, -0.2) is 11.2 Å². The molecule has 0 atom stereocenters. The van der Waals surface area contributed by atoms with Gasteiger partial charge in [-0.2, -0.15) is 0 Å². The molecule has 0 unspecified atom stereocenters. The highest BCUT2D eigenvalue weighted by Crippen LogP contribution is 2.30. The number of anilines is 1. The van der Waals surface area contributed by atoms with Crippen molar-refractivity contribution in [3.8, 4) is 17.2 Å². The number of hydrogen-bond donors (Lipinski definition) is 2. The fourth-order valence-corrected chi connectivity index (χ4v) is 1.78. The third kappa shape index (κ3) is 3.65. The summed E-state index contributed by atoms with van der Waals surface area (Å²) in [5.41, 5.74) is 7.24. The third-order valence-corrected chi connectivity index (χ3v) is 2.66. The standard InChI is InChI=1S/C16H19NO3/c1-11(2)19-16-9-14(6-7-15(16)17)20-13-5-3-4-12(8-13)10-18/h3-9,11,18H,10,17H2,1-2H3. The van der Waals surface area contributed by atoms with Crippen molar-refractivity contribution in [3.63, 3.8) is 0 Å². The minimum atomic E-state index is -0.0132. The molecule has 3 N–H and O–H groups in total. The van der Waals surface area contributed by atoms with Crippen molar-refractivity contribution in [2.75, 3.05) is 5.73 Å². The molecule has 0 amide bonds.